The Labute approximate surface area is 88.9 Å². The molecule has 15 heavy (non-hydrogen) atoms. The molecular weight excluding hydrogens is 191 g/mol. The number of rotatable bonds is 3. The van der Waals surface area contributed by atoms with Crippen LogP contribution in [0.5, 0.6) is 0 Å². The number of carbonyl (C=O) groups excluding carboxylic acids is 1. The summed E-state index contributed by atoms with van der Waals surface area (Å²) in [4.78, 5) is 10.8. The predicted octanol–water partition coefficient (Wildman–Crippen LogP) is -0.112. The van der Waals surface area contributed by atoms with Crippen LogP contribution in [0.25, 0.3) is 0 Å². The quantitative estimate of drug-likeness (QED) is 0.675. The van der Waals surface area contributed by atoms with Gasteiger partial charge in [-0.1, -0.05) is 24.3 Å². The van der Waals surface area contributed by atoms with E-state index >= 15 is 0 Å². The van der Waals surface area contributed by atoms with E-state index in [1.165, 1.54) is 0 Å². The van der Waals surface area contributed by atoms with Gasteiger partial charge in [-0.2, -0.15) is 0 Å². The van der Waals surface area contributed by atoms with Crippen LogP contribution >= 0.6 is 0 Å². The third-order valence-corrected chi connectivity index (χ3v) is 2.83. The van der Waals surface area contributed by atoms with Crippen molar-refractivity contribution in [3.05, 3.63) is 29.8 Å². The summed E-state index contributed by atoms with van der Waals surface area (Å²) in [6.07, 6.45) is 2.31. The minimum Gasteiger partial charge on any atom is -0.423 e. The van der Waals surface area contributed by atoms with Crippen molar-refractivity contribution in [2.75, 3.05) is 0 Å². The van der Waals surface area contributed by atoms with Crippen molar-refractivity contribution in [3.8, 4) is 0 Å². The molecule has 1 fully saturated rings. The lowest BCUT2D eigenvalue weighted by Crippen LogP contribution is -2.29. The Balaban J connectivity index is 1.95. The van der Waals surface area contributed by atoms with E-state index < -0.39 is 7.12 Å². The second-order valence-electron chi connectivity index (χ2n) is 4.13. The topological polar surface area (TPSA) is 57.5 Å². The molecule has 0 atom stereocenters. The molecule has 2 N–H and O–H groups in total. The highest BCUT2D eigenvalue weighted by Crippen LogP contribution is 2.26. The minimum atomic E-state index is -1.40. The molecule has 1 aromatic carbocycles. The number of Topliss-reactive ketones (excluding diaryl/α,β-unsaturated/α-hetero) is 1. The fraction of sp³-hybridized carbons (Fsp3) is 0.364. The van der Waals surface area contributed by atoms with Gasteiger partial charge in [-0.05, 0) is 23.4 Å². The van der Waals surface area contributed by atoms with E-state index in [4.69, 9.17) is 10.0 Å². The molecule has 4 heteroatoms. The molecule has 1 saturated carbocycles. The van der Waals surface area contributed by atoms with Crippen molar-refractivity contribution in [2.24, 2.45) is 5.92 Å². The van der Waals surface area contributed by atoms with Crippen LogP contribution in [0, 0.1) is 5.92 Å². The van der Waals surface area contributed by atoms with Crippen molar-refractivity contribution in [1.82, 2.24) is 0 Å². The van der Waals surface area contributed by atoms with Gasteiger partial charge in [0.05, 0.1) is 0 Å². The van der Waals surface area contributed by atoms with E-state index in [1.54, 1.807) is 12.1 Å². The van der Waals surface area contributed by atoms with Gasteiger partial charge in [0.1, 0.15) is 5.78 Å². The van der Waals surface area contributed by atoms with Crippen molar-refractivity contribution < 1.29 is 14.8 Å². The van der Waals surface area contributed by atoms with Crippen LogP contribution in [-0.2, 0) is 11.2 Å². The summed E-state index contributed by atoms with van der Waals surface area (Å²) in [6, 6.07) is 7.19. The van der Waals surface area contributed by atoms with Gasteiger partial charge >= 0.3 is 7.12 Å². The summed E-state index contributed by atoms with van der Waals surface area (Å²) in [6.45, 7) is 0. The Hall–Kier alpha value is -1.13. The largest absolute Gasteiger partial charge is 0.488 e. The number of benzene rings is 1. The third-order valence-electron chi connectivity index (χ3n) is 2.83. The van der Waals surface area contributed by atoms with Crippen molar-refractivity contribution in [1.29, 1.82) is 0 Å². The maximum Gasteiger partial charge on any atom is 0.488 e. The lowest BCUT2D eigenvalue weighted by molar-refractivity contribution is -0.126. The fourth-order valence-corrected chi connectivity index (χ4v) is 1.89. The Morgan fingerprint density at radius 1 is 1.20 bits per heavy atom. The SMILES string of the molecule is O=C1CC(Cc2ccc(B(O)O)cc2)C1. The van der Waals surface area contributed by atoms with Crippen LogP contribution in [-0.4, -0.2) is 22.9 Å². The van der Waals surface area contributed by atoms with Gasteiger partial charge in [-0.25, -0.2) is 0 Å². The molecule has 1 aromatic rings. The highest BCUT2D eigenvalue weighted by Gasteiger charge is 2.26. The summed E-state index contributed by atoms with van der Waals surface area (Å²) in [5.41, 5.74) is 1.65. The summed E-state index contributed by atoms with van der Waals surface area (Å²) in [5.74, 6) is 0.838. The third kappa shape index (κ3) is 2.46. The van der Waals surface area contributed by atoms with Gasteiger partial charge in [0, 0.05) is 12.8 Å². The van der Waals surface area contributed by atoms with E-state index in [0.29, 0.717) is 30.0 Å². The Morgan fingerprint density at radius 3 is 2.27 bits per heavy atom. The molecule has 0 aromatic heterocycles. The molecular formula is C11H13BO3. The molecule has 0 unspecified atom stereocenters. The zero-order chi connectivity index (χ0) is 10.8. The summed E-state index contributed by atoms with van der Waals surface area (Å²) in [7, 11) is -1.40. The molecule has 0 heterocycles. The molecule has 0 spiro atoms. The first-order chi connectivity index (χ1) is 7.15. The van der Waals surface area contributed by atoms with Crippen LogP contribution in [0.15, 0.2) is 24.3 Å². The highest BCUT2D eigenvalue weighted by atomic mass is 16.4. The van der Waals surface area contributed by atoms with E-state index in [-0.39, 0.29) is 0 Å². The van der Waals surface area contributed by atoms with Crippen LogP contribution < -0.4 is 5.46 Å². The van der Waals surface area contributed by atoms with Gasteiger partial charge in [-0.15, -0.1) is 0 Å². The van der Waals surface area contributed by atoms with Gasteiger partial charge < -0.3 is 10.0 Å². The van der Waals surface area contributed by atoms with Gasteiger partial charge in [-0.3, -0.25) is 4.79 Å². The fourth-order valence-electron chi connectivity index (χ4n) is 1.89. The van der Waals surface area contributed by atoms with Crippen LogP contribution in [0.3, 0.4) is 0 Å². The first-order valence-electron chi connectivity index (χ1n) is 5.12. The Bertz CT molecular complexity index is 351. The molecule has 1 aliphatic carbocycles. The highest BCUT2D eigenvalue weighted by molar-refractivity contribution is 6.58. The number of hydrogen-bond acceptors (Lipinski definition) is 3. The Kier molecular flexibility index (Phi) is 2.89. The minimum absolute atomic E-state index is 0.349. The monoisotopic (exact) mass is 204 g/mol. The standard InChI is InChI=1S/C11H13BO3/c13-11-6-9(7-11)5-8-1-3-10(4-2-8)12(14)15/h1-4,9,14-15H,5-7H2. The number of carbonyl (C=O) groups is 1. The lowest BCUT2D eigenvalue weighted by atomic mass is 9.77. The number of ketones is 1. The smallest absolute Gasteiger partial charge is 0.423 e. The van der Waals surface area contributed by atoms with Crippen LogP contribution in [0.1, 0.15) is 18.4 Å². The average molecular weight is 204 g/mol. The summed E-state index contributed by atoms with van der Waals surface area (Å²) in [5, 5.41) is 17.8. The summed E-state index contributed by atoms with van der Waals surface area (Å²) >= 11 is 0. The second kappa shape index (κ2) is 4.17. The maximum atomic E-state index is 10.8. The molecule has 2 rings (SSSR count). The molecule has 1 aliphatic rings. The Morgan fingerprint density at radius 2 is 1.80 bits per heavy atom. The first-order valence-corrected chi connectivity index (χ1v) is 5.12. The van der Waals surface area contributed by atoms with Crippen molar-refractivity contribution in [3.63, 3.8) is 0 Å². The molecule has 3 nitrogen and oxygen atoms in total. The normalized spacial score (nSPS) is 16.3. The molecule has 0 saturated heterocycles. The molecule has 0 aliphatic heterocycles. The van der Waals surface area contributed by atoms with Crippen molar-refractivity contribution in [2.45, 2.75) is 19.3 Å². The van der Waals surface area contributed by atoms with Crippen molar-refractivity contribution >= 4 is 18.4 Å². The number of hydrogen-bond donors (Lipinski definition) is 2. The zero-order valence-electron chi connectivity index (χ0n) is 8.39. The molecule has 0 bridgehead atoms. The van der Waals surface area contributed by atoms with Gasteiger partial charge in [0.25, 0.3) is 0 Å². The zero-order valence-corrected chi connectivity index (χ0v) is 8.39. The van der Waals surface area contributed by atoms with E-state index in [1.807, 2.05) is 12.1 Å². The summed E-state index contributed by atoms with van der Waals surface area (Å²) < 4.78 is 0. The molecule has 0 radical (unpaired) electrons. The lowest BCUT2D eigenvalue weighted by Gasteiger charge is -2.23. The van der Waals surface area contributed by atoms with Gasteiger partial charge in [0.2, 0.25) is 0 Å². The van der Waals surface area contributed by atoms with Crippen LogP contribution in [0.4, 0.5) is 0 Å². The van der Waals surface area contributed by atoms with Crippen LogP contribution in [0.2, 0.25) is 0 Å². The molecule has 0 amide bonds. The average Bonchev–Trinajstić information content (AvgIpc) is 2.16. The molecule has 78 valence electrons. The maximum absolute atomic E-state index is 10.8. The van der Waals surface area contributed by atoms with Gasteiger partial charge in [0.15, 0.2) is 0 Å². The predicted molar refractivity (Wildman–Crippen MR) is 57.7 cm³/mol. The van der Waals surface area contributed by atoms with E-state index in [2.05, 4.69) is 0 Å². The second-order valence-corrected chi connectivity index (χ2v) is 4.13. The first kappa shape index (κ1) is 10.4. The van der Waals surface area contributed by atoms with E-state index in [9.17, 15) is 4.79 Å². The van der Waals surface area contributed by atoms with E-state index in [0.717, 1.165) is 12.0 Å².